The number of nitrogen functional groups attached to an aromatic ring is 2. The highest BCUT2D eigenvalue weighted by atomic mass is 32.2. The molecule has 21 nitrogen and oxygen atoms in total. The Labute approximate surface area is 356 Å². The van der Waals surface area contributed by atoms with Gasteiger partial charge in [-0.3, -0.25) is 13.7 Å². The SMILES string of the molecule is Nc1c(N=Nc2ccc(C(O)=Nc3ccc(N=Nc4ccc5c(S(=O)(=O)O)ccc(N)c5c4O)cc3)cc2)c(S(=O)(=O)O)cc2cc(S(=O)(=O)O)c(N=Nc3ccccc3)c(O)c12. The van der Waals surface area contributed by atoms with E-state index < -0.39 is 79.5 Å². The van der Waals surface area contributed by atoms with E-state index in [2.05, 4.69) is 35.7 Å². The van der Waals surface area contributed by atoms with E-state index in [1.807, 2.05) is 0 Å². The van der Waals surface area contributed by atoms with Gasteiger partial charge in [0.2, 0.25) is 5.90 Å². The molecule has 0 unspecified atom stereocenters. The van der Waals surface area contributed by atoms with Crippen molar-refractivity contribution >= 4 is 109 Å². The molecule has 0 fully saturated rings. The van der Waals surface area contributed by atoms with E-state index in [9.17, 15) is 54.2 Å². The van der Waals surface area contributed by atoms with Crippen LogP contribution in [0.1, 0.15) is 5.56 Å². The number of aliphatic hydroxyl groups excluding tert-OH is 1. The van der Waals surface area contributed by atoms with Crippen LogP contribution in [0.25, 0.3) is 21.5 Å². The second-order valence-corrected chi connectivity index (χ2v) is 17.3. The molecule has 0 radical (unpaired) electrons. The van der Waals surface area contributed by atoms with E-state index in [0.29, 0.717) is 5.69 Å². The van der Waals surface area contributed by atoms with Gasteiger partial charge in [0.05, 0.1) is 39.2 Å². The first-order valence-corrected chi connectivity index (χ1v) is 21.9. The molecule has 320 valence electrons. The van der Waals surface area contributed by atoms with E-state index in [0.717, 1.165) is 18.2 Å². The van der Waals surface area contributed by atoms with Crippen molar-refractivity contribution in [3.05, 3.63) is 121 Å². The summed E-state index contributed by atoms with van der Waals surface area (Å²) in [6.07, 6.45) is 0. The van der Waals surface area contributed by atoms with Gasteiger partial charge in [-0.25, -0.2) is 4.99 Å². The third-order valence-corrected chi connectivity index (χ3v) is 11.7. The summed E-state index contributed by atoms with van der Waals surface area (Å²) in [6.45, 7) is 0. The minimum Gasteiger partial charge on any atom is -0.505 e. The summed E-state index contributed by atoms with van der Waals surface area (Å²) in [5.41, 5.74) is 11.4. The molecule has 63 heavy (non-hydrogen) atoms. The molecule has 24 heteroatoms. The second-order valence-electron chi connectivity index (χ2n) is 13.2. The highest BCUT2D eigenvalue weighted by Gasteiger charge is 2.28. The van der Waals surface area contributed by atoms with Crippen LogP contribution in [0.5, 0.6) is 11.5 Å². The Hall–Kier alpha value is -7.74. The molecule has 0 aliphatic rings. The number of nitrogens with zero attached hydrogens (tertiary/aromatic N) is 7. The molecule has 0 atom stereocenters. The van der Waals surface area contributed by atoms with Crippen LogP contribution in [0.15, 0.2) is 166 Å². The van der Waals surface area contributed by atoms with Gasteiger partial charge in [0.1, 0.15) is 31.7 Å². The molecule has 7 aromatic carbocycles. The lowest BCUT2D eigenvalue weighted by Crippen LogP contribution is -2.03. The number of hydrogen-bond donors (Lipinski definition) is 8. The van der Waals surface area contributed by atoms with Crippen molar-refractivity contribution in [2.75, 3.05) is 11.5 Å². The number of nitrogens with two attached hydrogens (primary N) is 2. The number of fused-ring (bicyclic) bond motifs is 2. The van der Waals surface area contributed by atoms with Crippen LogP contribution >= 0.6 is 0 Å². The van der Waals surface area contributed by atoms with Crippen molar-refractivity contribution < 1.29 is 54.2 Å². The average Bonchev–Trinajstić information content (AvgIpc) is 3.22. The van der Waals surface area contributed by atoms with Crippen molar-refractivity contribution in [3.8, 4) is 11.5 Å². The standard InChI is InChI=1S/C39H29N9O12S3/c40-27-15-17-29(61(52,53)54)26-14-16-28(37(49)33(26)27)46-43-25-12-10-22(11-13-25)42-39(51)20-6-8-24(9-7-20)45-47-35-30(62(55,56)57)18-21-19-31(63(58,59)60)36(38(50)32(21)34(35)41)48-44-23-4-2-1-3-5-23/h1-19,49-50H,40-41H2,(H,42,51)(H,52,53,54)(H,55,56,57)(H,58,59,60). The lowest BCUT2D eigenvalue weighted by molar-refractivity contribution is 0.472. The van der Waals surface area contributed by atoms with Gasteiger partial charge in [-0.2, -0.15) is 40.6 Å². The van der Waals surface area contributed by atoms with Gasteiger partial charge in [0.15, 0.2) is 11.5 Å². The summed E-state index contributed by atoms with van der Waals surface area (Å²) in [7, 11) is -14.8. The molecule has 0 bridgehead atoms. The zero-order valence-corrected chi connectivity index (χ0v) is 34.1. The molecule has 0 saturated carbocycles. The van der Waals surface area contributed by atoms with Crippen molar-refractivity contribution in [1.82, 2.24) is 0 Å². The van der Waals surface area contributed by atoms with E-state index in [1.165, 1.54) is 78.9 Å². The fourth-order valence-electron chi connectivity index (χ4n) is 6.11. The zero-order chi connectivity index (χ0) is 45.4. The molecule has 7 rings (SSSR count). The Morgan fingerprint density at radius 1 is 0.492 bits per heavy atom. The van der Waals surface area contributed by atoms with Crippen LogP contribution in [0.4, 0.5) is 51.2 Å². The second kappa shape index (κ2) is 16.6. The zero-order valence-electron chi connectivity index (χ0n) is 31.6. The molecule has 0 heterocycles. The number of aromatic hydroxyl groups is 2. The number of azo groups is 3. The predicted octanol–water partition coefficient (Wildman–Crippen LogP) is 9.19. The smallest absolute Gasteiger partial charge is 0.296 e. The molecule has 0 spiro atoms. The summed E-state index contributed by atoms with van der Waals surface area (Å²) >= 11 is 0. The van der Waals surface area contributed by atoms with Crippen LogP contribution in [-0.4, -0.2) is 60.1 Å². The molecule has 0 aromatic heterocycles. The van der Waals surface area contributed by atoms with Crippen molar-refractivity contribution in [3.63, 3.8) is 0 Å². The summed E-state index contributed by atoms with van der Waals surface area (Å²) in [6, 6.07) is 26.0. The van der Waals surface area contributed by atoms with E-state index >= 15 is 0 Å². The van der Waals surface area contributed by atoms with Crippen molar-refractivity contribution in [2.24, 2.45) is 35.7 Å². The largest absolute Gasteiger partial charge is 0.505 e. The molecule has 0 amide bonds. The highest BCUT2D eigenvalue weighted by molar-refractivity contribution is 7.86. The minimum absolute atomic E-state index is 0.0149. The minimum atomic E-state index is -5.12. The molecular weight excluding hydrogens is 883 g/mol. The third-order valence-electron chi connectivity index (χ3n) is 9.04. The number of phenolic OH excluding ortho intramolecular Hbond substituents is 2. The maximum atomic E-state index is 12.5. The normalized spacial score (nSPS) is 13.0. The summed E-state index contributed by atoms with van der Waals surface area (Å²) < 4.78 is 103. The molecule has 0 saturated heterocycles. The first kappa shape index (κ1) is 43.4. The lowest BCUT2D eigenvalue weighted by Gasteiger charge is -2.14. The van der Waals surface area contributed by atoms with Crippen molar-refractivity contribution in [1.29, 1.82) is 0 Å². The first-order valence-electron chi connectivity index (χ1n) is 17.6. The molecule has 0 aliphatic heterocycles. The number of aliphatic imine (C=N–C) groups is 1. The topological polar surface area (TPSA) is 362 Å². The number of aliphatic hydroxyl groups is 1. The third kappa shape index (κ3) is 9.15. The Balaban J connectivity index is 1.13. The monoisotopic (exact) mass is 911 g/mol. The maximum Gasteiger partial charge on any atom is 0.296 e. The van der Waals surface area contributed by atoms with Gasteiger partial charge >= 0.3 is 0 Å². The number of phenols is 2. The van der Waals surface area contributed by atoms with E-state index in [1.54, 1.807) is 18.2 Å². The summed E-state index contributed by atoms with van der Waals surface area (Å²) in [5.74, 6) is -1.80. The Morgan fingerprint density at radius 2 is 1.00 bits per heavy atom. The van der Waals surface area contributed by atoms with Crippen LogP contribution < -0.4 is 11.5 Å². The Kier molecular flexibility index (Phi) is 11.4. The average molecular weight is 912 g/mol. The Bertz CT molecular complexity index is 3460. The molecule has 0 aliphatic carbocycles. The van der Waals surface area contributed by atoms with Gasteiger partial charge in [0.25, 0.3) is 30.4 Å². The van der Waals surface area contributed by atoms with E-state index in [-0.39, 0.29) is 55.5 Å². The van der Waals surface area contributed by atoms with E-state index in [4.69, 9.17) is 11.5 Å². The van der Waals surface area contributed by atoms with Gasteiger partial charge < -0.3 is 26.8 Å². The van der Waals surface area contributed by atoms with Crippen LogP contribution in [0.2, 0.25) is 0 Å². The Morgan fingerprint density at radius 3 is 1.59 bits per heavy atom. The maximum absolute atomic E-state index is 12.5. The summed E-state index contributed by atoms with van der Waals surface area (Å²) in [4.78, 5) is 1.86. The number of hydrogen-bond acceptors (Lipinski definition) is 17. The fraction of sp³-hybridized carbons (Fsp3) is 0. The molecular formula is C39H29N9O12S3. The van der Waals surface area contributed by atoms with Crippen LogP contribution in [-0.2, 0) is 30.4 Å². The quantitative estimate of drug-likeness (QED) is 0.0197. The van der Waals surface area contributed by atoms with Crippen LogP contribution in [0.3, 0.4) is 0 Å². The predicted molar refractivity (Wildman–Crippen MR) is 230 cm³/mol. The number of rotatable bonds is 11. The summed E-state index contributed by atoms with van der Waals surface area (Å²) in [5, 5.41) is 55.7. The van der Waals surface area contributed by atoms with Gasteiger partial charge in [0, 0.05) is 16.6 Å². The lowest BCUT2D eigenvalue weighted by atomic mass is 10.1. The van der Waals surface area contributed by atoms with Gasteiger partial charge in [-0.1, -0.05) is 24.3 Å². The number of anilines is 2. The molecule has 10 N–H and O–H groups in total. The van der Waals surface area contributed by atoms with Gasteiger partial charge in [-0.15, -0.1) is 15.3 Å². The fourth-order valence-corrected chi connectivity index (χ4v) is 8.12. The number of benzene rings is 7. The van der Waals surface area contributed by atoms with Crippen LogP contribution in [0, 0.1) is 0 Å². The molecule has 7 aromatic rings. The van der Waals surface area contributed by atoms with Crippen molar-refractivity contribution in [2.45, 2.75) is 14.7 Å². The first-order chi connectivity index (χ1) is 29.7. The highest BCUT2D eigenvalue weighted by Crippen LogP contribution is 2.48. The van der Waals surface area contributed by atoms with Gasteiger partial charge in [-0.05, 0) is 96.4 Å².